The molecule has 4 aromatic rings. The van der Waals surface area contributed by atoms with Gasteiger partial charge in [0, 0.05) is 55.8 Å². The molecule has 1 unspecified atom stereocenters. The van der Waals surface area contributed by atoms with Crippen LogP contribution in [-0.4, -0.2) is 76.1 Å². The summed E-state index contributed by atoms with van der Waals surface area (Å²) in [6.45, 7) is 2.39. The number of hydrogen-bond donors (Lipinski definition) is 2. The van der Waals surface area contributed by atoms with E-state index in [0.717, 1.165) is 37.0 Å². The first-order chi connectivity index (χ1) is 21.2. The Morgan fingerprint density at radius 1 is 1.09 bits per heavy atom. The summed E-state index contributed by atoms with van der Waals surface area (Å²) in [4.78, 5) is 40.5. The molecular formula is C30H32F3N7O4. The quantitative estimate of drug-likeness (QED) is 0.252. The molecule has 44 heavy (non-hydrogen) atoms. The number of ether oxygens (including phenoxy) is 2. The number of aromatic nitrogens is 4. The van der Waals surface area contributed by atoms with Crippen molar-refractivity contribution in [2.24, 2.45) is 0 Å². The summed E-state index contributed by atoms with van der Waals surface area (Å²) < 4.78 is 51.4. The van der Waals surface area contributed by atoms with Gasteiger partial charge in [-0.15, -0.1) is 0 Å². The summed E-state index contributed by atoms with van der Waals surface area (Å²) in [5.74, 6) is 0.164. The van der Waals surface area contributed by atoms with Crippen molar-refractivity contribution < 1.29 is 32.2 Å². The number of carbonyl (C=O) groups excluding carboxylic acids is 2. The maximum atomic E-state index is 13.0. The van der Waals surface area contributed by atoms with Gasteiger partial charge in [-0.25, -0.2) is 15.0 Å². The Balaban J connectivity index is 1.34. The van der Waals surface area contributed by atoms with Crippen molar-refractivity contribution in [1.82, 2.24) is 24.3 Å². The van der Waals surface area contributed by atoms with E-state index in [-0.39, 0.29) is 35.4 Å². The zero-order valence-corrected chi connectivity index (χ0v) is 24.0. The SMILES string of the molecule is COCCOCCC(=O)N1CCCC(c2nc(-c3ccc(C(=O)Nc4cc(C(F)(F)F)ccn4)cc3)c3c(N)nccn23)C1. The van der Waals surface area contributed by atoms with Gasteiger partial charge in [0.25, 0.3) is 5.91 Å². The molecule has 1 aliphatic rings. The molecule has 3 N–H and O–H groups in total. The molecule has 4 heterocycles. The summed E-state index contributed by atoms with van der Waals surface area (Å²) in [5.41, 5.74) is 7.43. The molecule has 1 atom stereocenters. The Bertz CT molecular complexity index is 1630. The second-order valence-corrected chi connectivity index (χ2v) is 10.3. The highest BCUT2D eigenvalue weighted by atomic mass is 19.4. The Morgan fingerprint density at radius 3 is 2.64 bits per heavy atom. The first-order valence-electron chi connectivity index (χ1n) is 14.1. The molecule has 0 saturated carbocycles. The number of nitrogens with two attached hydrogens (primary N) is 1. The standard InChI is InChI=1S/C30H32F3N7O4/c1-43-15-16-44-14-9-24(41)39-12-2-3-21(18-39)28-38-25(26-27(34)36-11-13-40(26)28)19-4-6-20(7-5-19)29(42)37-23-17-22(8-10-35-23)30(31,32)33/h4-8,10-11,13,17,21H,2-3,9,12,14-16,18H2,1H3,(H2,34,36)(H,35,37,42). The summed E-state index contributed by atoms with van der Waals surface area (Å²) in [6.07, 6.45) is 1.74. The van der Waals surface area contributed by atoms with Gasteiger partial charge >= 0.3 is 6.18 Å². The second-order valence-electron chi connectivity index (χ2n) is 10.3. The molecule has 1 fully saturated rings. The minimum Gasteiger partial charge on any atom is -0.382 e. The van der Waals surface area contributed by atoms with E-state index in [0.29, 0.717) is 49.7 Å². The van der Waals surface area contributed by atoms with Crippen molar-refractivity contribution in [2.75, 3.05) is 51.1 Å². The Hall–Kier alpha value is -4.56. The van der Waals surface area contributed by atoms with Crippen molar-refractivity contribution in [1.29, 1.82) is 0 Å². The van der Waals surface area contributed by atoms with Crippen LogP contribution in [0, 0.1) is 0 Å². The number of nitrogens with one attached hydrogen (secondary N) is 1. The van der Waals surface area contributed by atoms with Crippen LogP contribution in [0.5, 0.6) is 0 Å². The second kappa shape index (κ2) is 13.4. The van der Waals surface area contributed by atoms with Crippen LogP contribution < -0.4 is 11.1 Å². The summed E-state index contributed by atoms with van der Waals surface area (Å²) in [5, 5.41) is 2.41. The van der Waals surface area contributed by atoms with Gasteiger partial charge in [0.05, 0.1) is 31.8 Å². The van der Waals surface area contributed by atoms with Crippen LogP contribution in [0.2, 0.25) is 0 Å². The highest BCUT2D eigenvalue weighted by Crippen LogP contribution is 2.34. The minimum absolute atomic E-state index is 0.0172. The first kappa shape index (κ1) is 30.9. The average Bonchev–Trinajstić information content (AvgIpc) is 3.42. The number of pyridine rings is 1. The Kier molecular flexibility index (Phi) is 9.40. The molecule has 3 aromatic heterocycles. The lowest BCUT2D eigenvalue weighted by Gasteiger charge is -2.32. The van der Waals surface area contributed by atoms with Gasteiger partial charge in [-0.3, -0.25) is 14.0 Å². The zero-order chi connectivity index (χ0) is 31.3. The normalized spacial score (nSPS) is 15.5. The van der Waals surface area contributed by atoms with Crippen molar-refractivity contribution in [3.8, 4) is 11.3 Å². The topological polar surface area (TPSA) is 137 Å². The monoisotopic (exact) mass is 611 g/mol. The first-order valence-corrected chi connectivity index (χ1v) is 14.1. The molecule has 0 aliphatic carbocycles. The van der Waals surface area contributed by atoms with Crippen molar-refractivity contribution >= 4 is 29.0 Å². The third kappa shape index (κ3) is 6.97. The predicted octanol–water partition coefficient (Wildman–Crippen LogP) is 4.40. The van der Waals surface area contributed by atoms with Gasteiger partial charge < -0.3 is 25.4 Å². The number of amides is 2. The number of fused-ring (bicyclic) bond motifs is 1. The fraction of sp³-hybridized carbons (Fsp3) is 0.367. The van der Waals surface area contributed by atoms with Gasteiger partial charge in [-0.05, 0) is 37.1 Å². The fourth-order valence-corrected chi connectivity index (χ4v) is 5.20. The zero-order valence-electron chi connectivity index (χ0n) is 24.0. The smallest absolute Gasteiger partial charge is 0.382 e. The number of imidazole rings is 1. The van der Waals surface area contributed by atoms with Gasteiger partial charge in [-0.1, -0.05) is 12.1 Å². The number of benzene rings is 1. The van der Waals surface area contributed by atoms with Gasteiger partial charge in [-0.2, -0.15) is 13.2 Å². The van der Waals surface area contributed by atoms with E-state index in [2.05, 4.69) is 15.3 Å². The molecule has 0 radical (unpaired) electrons. The van der Waals surface area contributed by atoms with E-state index in [4.69, 9.17) is 20.2 Å². The molecule has 0 spiro atoms. The lowest BCUT2D eigenvalue weighted by atomic mass is 9.97. The van der Waals surface area contributed by atoms with E-state index in [9.17, 15) is 22.8 Å². The number of hydrogen-bond acceptors (Lipinski definition) is 8. The Morgan fingerprint density at radius 2 is 1.89 bits per heavy atom. The van der Waals surface area contributed by atoms with Crippen molar-refractivity contribution in [2.45, 2.75) is 31.4 Å². The summed E-state index contributed by atoms with van der Waals surface area (Å²) in [7, 11) is 1.59. The van der Waals surface area contributed by atoms with Crippen LogP contribution in [-0.2, 0) is 20.4 Å². The minimum atomic E-state index is -4.56. The highest BCUT2D eigenvalue weighted by Gasteiger charge is 2.31. The maximum absolute atomic E-state index is 13.0. The van der Waals surface area contributed by atoms with Crippen LogP contribution in [0.4, 0.5) is 24.8 Å². The van der Waals surface area contributed by atoms with E-state index in [1.807, 2.05) is 9.30 Å². The molecule has 1 saturated heterocycles. The van der Waals surface area contributed by atoms with Crippen LogP contribution in [0.1, 0.15) is 46.9 Å². The number of halogens is 3. The van der Waals surface area contributed by atoms with E-state index in [1.165, 1.54) is 0 Å². The number of piperidine rings is 1. The number of anilines is 2. The summed E-state index contributed by atoms with van der Waals surface area (Å²) >= 11 is 0. The van der Waals surface area contributed by atoms with Crippen molar-refractivity contribution in [3.05, 3.63) is 71.9 Å². The molecule has 2 amide bonds. The molecular weight excluding hydrogens is 579 g/mol. The maximum Gasteiger partial charge on any atom is 0.416 e. The van der Waals surface area contributed by atoms with Gasteiger partial charge in [0.15, 0.2) is 0 Å². The number of alkyl halides is 3. The largest absolute Gasteiger partial charge is 0.416 e. The van der Waals surface area contributed by atoms with Crippen LogP contribution in [0.15, 0.2) is 55.0 Å². The third-order valence-electron chi connectivity index (χ3n) is 7.39. The van der Waals surface area contributed by atoms with Gasteiger partial charge in [0.1, 0.15) is 28.7 Å². The molecule has 1 aromatic carbocycles. The van der Waals surface area contributed by atoms with E-state index in [1.54, 1.807) is 43.8 Å². The fourth-order valence-electron chi connectivity index (χ4n) is 5.20. The predicted molar refractivity (Wildman–Crippen MR) is 156 cm³/mol. The number of methoxy groups -OCH3 is 1. The molecule has 11 nitrogen and oxygen atoms in total. The molecule has 1 aliphatic heterocycles. The highest BCUT2D eigenvalue weighted by molar-refractivity contribution is 6.04. The number of likely N-dealkylation sites (tertiary alicyclic amines) is 1. The molecule has 5 rings (SSSR count). The van der Waals surface area contributed by atoms with Crippen molar-refractivity contribution in [3.63, 3.8) is 0 Å². The number of nitrogen functional groups attached to an aromatic ring is 1. The molecule has 232 valence electrons. The molecule has 0 bridgehead atoms. The number of nitrogens with zero attached hydrogens (tertiary/aromatic N) is 5. The van der Waals surface area contributed by atoms with Crippen LogP contribution in [0.25, 0.3) is 16.8 Å². The Labute approximate surface area is 251 Å². The van der Waals surface area contributed by atoms with Gasteiger partial charge in [0.2, 0.25) is 5.91 Å². The molecule has 14 heteroatoms. The number of rotatable bonds is 10. The summed E-state index contributed by atoms with van der Waals surface area (Å²) in [6, 6.07) is 8.08. The van der Waals surface area contributed by atoms with E-state index < -0.39 is 17.6 Å². The lowest BCUT2D eigenvalue weighted by Crippen LogP contribution is -2.40. The van der Waals surface area contributed by atoms with E-state index >= 15 is 0 Å². The van der Waals surface area contributed by atoms with Crippen LogP contribution in [0.3, 0.4) is 0 Å². The average molecular weight is 612 g/mol. The van der Waals surface area contributed by atoms with Crippen LogP contribution >= 0.6 is 0 Å². The lowest BCUT2D eigenvalue weighted by molar-refractivity contribution is -0.137. The number of carbonyl (C=O) groups is 2. The third-order valence-corrected chi connectivity index (χ3v) is 7.39.